The molecule has 14 nitrogen and oxygen atoms in total. The maximum absolute atomic E-state index is 12.2. The first-order chi connectivity index (χ1) is 15.4. The molecule has 2 aromatic heterocycles. The van der Waals surface area contributed by atoms with Gasteiger partial charge in [0.25, 0.3) is 5.56 Å². The number of para-hydroxylation sites is 2. The zero-order valence-corrected chi connectivity index (χ0v) is 16.3. The molecule has 168 valence electrons. The van der Waals surface area contributed by atoms with E-state index in [4.69, 9.17) is 9.47 Å². The van der Waals surface area contributed by atoms with Crippen LogP contribution in [0.2, 0.25) is 0 Å². The number of hydrogen-bond donors (Lipinski definition) is 3. The second-order valence-corrected chi connectivity index (χ2v) is 6.95. The lowest BCUT2D eigenvalue weighted by molar-refractivity contribution is -0.385. The van der Waals surface area contributed by atoms with E-state index in [2.05, 4.69) is 15.3 Å². The van der Waals surface area contributed by atoms with Gasteiger partial charge in [-0.05, 0) is 6.07 Å². The molecule has 4 rings (SSSR count). The van der Waals surface area contributed by atoms with E-state index in [1.807, 2.05) is 0 Å². The molecule has 4 atom stereocenters. The topological polar surface area (TPSA) is 188 Å². The molecule has 1 aromatic carbocycles. The van der Waals surface area contributed by atoms with Crippen LogP contribution in [0, 0.1) is 10.1 Å². The Labute approximate surface area is 178 Å². The fourth-order valence-electron chi connectivity index (χ4n) is 3.43. The Bertz CT molecular complexity index is 1240. The fourth-order valence-corrected chi connectivity index (χ4v) is 3.43. The molecule has 3 N–H and O–H groups in total. The molecule has 0 saturated carbocycles. The van der Waals surface area contributed by atoms with Crippen molar-refractivity contribution >= 4 is 5.69 Å². The molecule has 3 heterocycles. The van der Waals surface area contributed by atoms with Crippen molar-refractivity contribution in [3.05, 3.63) is 79.4 Å². The molecule has 1 fully saturated rings. The summed E-state index contributed by atoms with van der Waals surface area (Å²) in [6.07, 6.45) is -0.734. The van der Waals surface area contributed by atoms with E-state index in [1.54, 1.807) is 6.07 Å². The largest absolute Gasteiger partial charge is 0.480 e. The number of rotatable bonds is 7. The second kappa shape index (κ2) is 8.70. The number of benzene rings is 1. The molecule has 14 heteroatoms. The van der Waals surface area contributed by atoms with E-state index >= 15 is 0 Å². The number of aromatic amines is 1. The molecular weight excluding hydrogens is 428 g/mol. The minimum atomic E-state index is -1.26. The van der Waals surface area contributed by atoms with Gasteiger partial charge in [-0.15, -0.1) is 5.10 Å². The number of nitrogens with one attached hydrogen (secondary N) is 1. The van der Waals surface area contributed by atoms with Gasteiger partial charge < -0.3 is 19.7 Å². The van der Waals surface area contributed by atoms with Crippen LogP contribution >= 0.6 is 0 Å². The average molecular weight is 446 g/mol. The monoisotopic (exact) mass is 446 g/mol. The third-order valence-electron chi connectivity index (χ3n) is 4.94. The predicted molar refractivity (Wildman–Crippen MR) is 105 cm³/mol. The number of aromatic nitrogens is 5. The van der Waals surface area contributed by atoms with Crippen molar-refractivity contribution in [2.45, 2.75) is 31.1 Å². The molecule has 0 aliphatic carbocycles. The first kappa shape index (κ1) is 21.4. The molecule has 0 amide bonds. The Morgan fingerprint density at radius 3 is 2.78 bits per heavy atom. The van der Waals surface area contributed by atoms with Gasteiger partial charge in [0.1, 0.15) is 30.6 Å². The summed E-state index contributed by atoms with van der Waals surface area (Å²) in [7, 11) is 0. The smallest absolute Gasteiger partial charge is 0.330 e. The zero-order chi connectivity index (χ0) is 22.8. The van der Waals surface area contributed by atoms with Crippen LogP contribution in [0.3, 0.4) is 0 Å². The van der Waals surface area contributed by atoms with Gasteiger partial charge in [-0.2, -0.15) is 0 Å². The number of hydrogen-bond acceptors (Lipinski definition) is 10. The number of H-pyrrole nitrogens is 1. The van der Waals surface area contributed by atoms with Gasteiger partial charge in [-0.1, -0.05) is 17.3 Å². The van der Waals surface area contributed by atoms with Gasteiger partial charge in [0.15, 0.2) is 12.0 Å². The molecular formula is C18H18N6O8. The third-order valence-corrected chi connectivity index (χ3v) is 4.94. The van der Waals surface area contributed by atoms with E-state index < -0.39 is 47.3 Å². The molecule has 3 aromatic rings. The Morgan fingerprint density at radius 2 is 2.06 bits per heavy atom. The van der Waals surface area contributed by atoms with Crippen LogP contribution in [-0.2, 0) is 11.3 Å². The fraction of sp³-hybridized carbons (Fsp3) is 0.333. The summed E-state index contributed by atoms with van der Waals surface area (Å²) in [5, 5.41) is 39.1. The van der Waals surface area contributed by atoms with E-state index in [1.165, 1.54) is 35.3 Å². The van der Waals surface area contributed by atoms with E-state index in [-0.39, 0.29) is 23.7 Å². The molecule has 1 aliphatic rings. The Hall–Kier alpha value is -3.88. The van der Waals surface area contributed by atoms with Crippen molar-refractivity contribution in [1.82, 2.24) is 24.5 Å². The van der Waals surface area contributed by atoms with Gasteiger partial charge in [0.05, 0.1) is 17.7 Å². The molecule has 1 aliphatic heterocycles. The summed E-state index contributed by atoms with van der Waals surface area (Å²) < 4.78 is 13.4. The second-order valence-electron chi connectivity index (χ2n) is 6.95. The normalized spacial score (nSPS) is 22.7. The SMILES string of the molecule is O=c1ccn([C@@H]2O[C@H](CO)[C@@H](O)[C@H]2n2cc(COc3ccccc3[N+](=O)[O-])nn2)c(=O)[nH]1. The standard InChI is InChI=1S/C18H18N6O8/c25-8-13-16(27)15(17(32-13)22-6-5-14(26)19-18(22)28)23-7-10(20-21-23)9-31-12-4-2-1-3-11(12)24(29)30/h1-7,13,15-17,25,27H,8-9H2,(H,19,26,28)/t13-,15-,16-,17-/m1/s1. The highest BCUT2D eigenvalue weighted by Crippen LogP contribution is 2.37. The van der Waals surface area contributed by atoms with E-state index in [0.717, 1.165) is 10.6 Å². The Balaban J connectivity index is 1.59. The number of aliphatic hydroxyl groups excluding tert-OH is 2. The first-order valence-corrected chi connectivity index (χ1v) is 9.42. The summed E-state index contributed by atoms with van der Waals surface area (Å²) in [4.78, 5) is 36.2. The summed E-state index contributed by atoms with van der Waals surface area (Å²) in [6, 6.07) is 6.00. The van der Waals surface area contributed by atoms with E-state index in [0.29, 0.717) is 0 Å². The van der Waals surface area contributed by atoms with Crippen LogP contribution in [-0.4, -0.2) is 58.5 Å². The number of aliphatic hydroxyl groups is 2. The van der Waals surface area contributed by atoms with Crippen molar-refractivity contribution < 1.29 is 24.6 Å². The summed E-state index contributed by atoms with van der Waals surface area (Å²) in [5.41, 5.74) is -1.29. The predicted octanol–water partition coefficient (Wildman–Crippen LogP) is -0.893. The van der Waals surface area contributed by atoms with Crippen molar-refractivity contribution in [3.8, 4) is 5.75 Å². The lowest BCUT2D eigenvalue weighted by Crippen LogP contribution is -2.36. The molecule has 0 radical (unpaired) electrons. The molecule has 1 saturated heterocycles. The quantitative estimate of drug-likeness (QED) is 0.303. The third kappa shape index (κ3) is 4.01. The average Bonchev–Trinajstić information content (AvgIpc) is 3.36. The van der Waals surface area contributed by atoms with Crippen LogP contribution in [0.4, 0.5) is 5.69 Å². The zero-order valence-electron chi connectivity index (χ0n) is 16.3. The molecule has 0 bridgehead atoms. The van der Waals surface area contributed by atoms with Gasteiger partial charge in [-0.25, -0.2) is 9.48 Å². The van der Waals surface area contributed by atoms with Crippen LogP contribution in [0.25, 0.3) is 0 Å². The summed E-state index contributed by atoms with van der Waals surface area (Å²) in [5.74, 6) is 0.0503. The first-order valence-electron chi connectivity index (χ1n) is 9.42. The highest BCUT2D eigenvalue weighted by atomic mass is 16.6. The van der Waals surface area contributed by atoms with Crippen LogP contribution in [0.15, 0.2) is 52.3 Å². The van der Waals surface area contributed by atoms with Crippen LogP contribution < -0.4 is 16.0 Å². The maximum Gasteiger partial charge on any atom is 0.330 e. The minimum absolute atomic E-state index is 0.0503. The van der Waals surface area contributed by atoms with Crippen molar-refractivity contribution in [2.75, 3.05) is 6.61 Å². The van der Waals surface area contributed by atoms with Gasteiger partial charge in [0, 0.05) is 18.3 Å². The molecule has 0 spiro atoms. The van der Waals surface area contributed by atoms with E-state index in [9.17, 15) is 29.9 Å². The number of nitrogens with zero attached hydrogens (tertiary/aromatic N) is 5. The minimum Gasteiger partial charge on any atom is -0.480 e. The lowest BCUT2D eigenvalue weighted by Gasteiger charge is -2.21. The summed E-state index contributed by atoms with van der Waals surface area (Å²) in [6.45, 7) is -0.671. The number of nitro benzene ring substituents is 1. The van der Waals surface area contributed by atoms with Gasteiger partial charge in [-0.3, -0.25) is 24.5 Å². The summed E-state index contributed by atoms with van der Waals surface area (Å²) >= 11 is 0. The molecule has 32 heavy (non-hydrogen) atoms. The van der Waals surface area contributed by atoms with Crippen LogP contribution in [0.1, 0.15) is 18.0 Å². The Kier molecular flexibility index (Phi) is 5.81. The highest BCUT2D eigenvalue weighted by Gasteiger charge is 2.46. The van der Waals surface area contributed by atoms with Crippen LogP contribution in [0.5, 0.6) is 5.75 Å². The number of nitro groups is 1. The number of ether oxygens (including phenoxy) is 2. The Morgan fingerprint density at radius 1 is 1.28 bits per heavy atom. The lowest BCUT2D eigenvalue weighted by atomic mass is 10.1. The van der Waals surface area contributed by atoms with Gasteiger partial charge >= 0.3 is 11.4 Å². The van der Waals surface area contributed by atoms with Gasteiger partial charge in [0.2, 0.25) is 0 Å². The van der Waals surface area contributed by atoms with Crippen molar-refractivity contribution in [3.63, 3.8) is 0 Å². The van der Waals surface area contributed by atoms with Crippen molar-refractivity contribution in [2.24, 2.45) is 0 Å². The molecule has 0 unspecified atom stereocenters. The maximum atomic E-state index is 12.2. The van der Waals surface area contributed by atoms with Crippen molar-refractivity contribution in [1.29, 1.82) is 0 Å². The highest BCUT2D eigenvalue weighted by molar-refractivity contribution is 5.45.